The lowest BCUT2D eigenvalue weighted by atomic mass is 9.97. The fourth-order valence-electron chi connectivity index (χ4n) is 3.28. The maximum atomic E-state index is 12.7. The third kappa shape index (κ3) is 2.79. The second-order valence-corrected chi connectivity index (χ2v) is 6.10. The predicted molar refractivity (Wildman–Crippen MR) is 77.5 cm³/mol. The van der Waals surface area contributed by atoms with E-state index in [-0.39, 0.29) is 23.3 Å². The van der Waals surface area contributed by atoms with Gasteiger partial charge in [-0.1, -0.05) is 0 Å². The van der Waals surface area contributed by atoms with Crippen LogP contribution in [-0.2, 0) is 4.79 Å². The molecule has 0 bridgehead atoms. The predicted octanol–water partition coefficient (Wildman–Crippen LogP) is 1.27. The molecule has 122 valence electrons. The van der Waals surface area contributed by atoms with Crippen molar-refractivity contribution in [3.63, 3.8) is 0 Å². The van der Waals surface area contributed by atoms with Gasteiger partial charge in [-0.05, 0) is 12.8 Å². The highest BCUT2D eigenvalue weighted by molar-refractivity contribution is 5.73. The van der Waals surface area contributed by atoms with E-state index in [1.807, 2.05) is 4.90 Å². The zero-order valence-electron chi connectivity index (χ0n) is 12.6. The molecular formula is C14H21F2N5O. The van der Waals surface area contributed by atoms with Crippen molar-refractivity contribution in [1.29, 1.82) is 0 Å². The van der Waals surface area contributed by atoms with Gasteiger partial charge in [-0.2, -0.15) is 5.10 Å². The monoisotopic (exact) mass is 313 g/mol. The second kappa shape index (κ2) is 5.83. The maximum absolute atomic E-state index is 12.7. The Morgan fingerprint density at radius 1 is 1.32 bits per heavy atom. The van der Waals surface area contributed by atoms with Gasteiger partial charge < -0.3 is 10.6 Å². The molecule has 0 aromatic carbocycles. The molecule has 1 aromatic heterocycles. The Morgan fingerprint density at radius 3 is 2.45 bits per heavy atom. The number of hydrogen-bond acceptors (Lipinski definition) is 4. The topological polar surface area (TPSA) is 67.4 Å². The Kier molecular flexibility index (Phi) is 4.03. The molecule has 0 radical (unpaired) electrons. The Labute approximate surface area is 127 Å². The van der Waals surface area contributed by atoms with Crippen molar-refractivity contribution in [1.82, 2.24) is 19.6 Å². The first-order valence-corrected chi connectivity index (χ1v) is 7.58. The van der Waals surface area contributed by atoms with Gasteiger partial charge in [0.15, 0.2) is 5.69 Å². The number of halogens is 2. The fraction of sp³-hybridized carbons (Fsp3) is 0.714. The van der Waals surface area contributed by atoms with Gasteiger partial charge in [0, 0.05) is 45.3 Å². The normalized spacial score (nSPS) is 21.4. The number of alkyl halides is 2. The molecule has 0 atom stereocenters. The minimum absolute atomic E-state index is 0.0585. The standard InChI is InChI=1S/C14H21F2N5O/c1-9(22)19-4-2-10(3-5-19)20-6-11(7-20)21-8-12(17)13(18-21)14(15)16/h8,10-11,14H,2-7,17H2,1H3. The Bertz CT molecular complexity index is 547. The van der Waals surface area contributed by atoms with Crippen LogP contribution in [0.1, 0.15) is 37.9 Å². The zero-order valence-corrected chi connectivity index (χ0v) is 12.6. The summed E-state index contributed by atoms with van der Waals surface area (Å²) < 4.78 is 27.0. The largest absolute Gasteiger partial charge is 0.396 e. The van der Waals surface area contributed by atoms with Crippen molar-refractivity contribution >= 4 is 11.6 Å². The SMILES string of the molecule is CC(=O)N1CCC(N2CC(n3cc(N)c(C(F)F)n3)C2)CC1. The van der Waals surface area contributed by atoms with Crippen LogP contribution in [0.3, 0.4) is 0 Å². The van der Waals surface area contributed by atoms with E-state index in [0.29, 0.717) is 6.04 Å². The van der Waals surface area contributed by atoms with Crippen LogP contribution < -0.4 is 5.73 Å². The van der Waals surface area contributed by atoms with Gasteiger partial charge in [-0.25, -0.2) is 8.78 Å². The summed E-state index contributed by atoms with van der Waals surface area (Å²) in [5, 5.41) is 3.91. The van der Waals surface area contributed by atoms with Gasteiger partial charge in [0.25, 0.3) is 6.43 Å². The molecule has 2 aliphatic rings. The highest BCUT2D eigenvalue weighted by Gasteiger charge is 2.36. The van der Waals surface area contributed by atoms with Gasteiger partial charge in [0.2, 0.25) is 5.91 Å². The lowest BCUT2D eigenvalue weighted by Crippen LogP contribution is -2.56. The van der Waals surface area contributed by atoms with E-state index in [9.17, 15) is 13.6 Å². The van der Waals surface area contributed by atoms with Crippen LogP contribution in [0.25, 0.3) is 0 Å². The average molecular weight is 313 g/mol. The molecule has 2 saturated heterocycles. The van der Waals surface area contributed by atoms with E-state index in [0.717, 1.165) is 39.0 Å². The molecule has 3 rings (SSSR count). The lowest BCUT2D eigenvalue weighted by Gasteiger charge is -2.47. The van der Waals surface area contributed by atoms with Gasteiger partial charge >= 0.3 is 0 Å². The number of hydrogen-bond donors (Lipinski definition) is 1. The maximum Gasteiger partial charge on any atom is 0.284 e. The Balaban J connectivity index is 1.52. The van der Waals surface area contributed by atoms with Crippen molar-refractivity contribution in [2.45, 2.75) is 38.3 Å². The number of carbonyl (C=O) groups is 1. The van der Waals surface area contributed by atoms with E-state index in [2.05, 4.69) is 10.00 Å². The number of rotatable bonds is 3. The molecule has 2 fully saturated rings. The van der Waals surface area contributed by atoms with E-state index >= 15 is 0 Å². The smallest absolute Gasteiger partial charge is 0.284 e. The first-order valence-electron chi connectivity index (χ1n) is 7.58. The van der Waals surface area contributed by atoms with Crippen LogP contribution in [0.2, 0.25) is 0 Å². The van der Waals surface area contributed by atoms with Crippen molar-refractivity contribution in [3.05, 3.63) is 11.9 Å². The second-order valence-electron chi connectivity index (χ2n) is 6.10. The van der Waals surface area contributed by atoms with Crippen molar-refractivity contribution < 1.29 is 13.6 Å². The number of piperidine rings is 1. The Morgan fingerprint density at radius 2 is 1.95 bits per heavy atom. The summed E-state index contributed by atoms with van der Waals surface area (Å²) in [6.45, 7) is 4.79. The van der Waals surface area contributed by atoms with Crippen LogP contribution in [0.4, 0.5) is 14.5 Å². The quantitative estimate of drug-likeness (QED) is 0.912. The molecule has 3 heterocycles. The van der Waals surface area contributed by atoms with Crippen LogP contribution in [0.15, 0.2) is 6.20 Å². The van der Waals surface area contributed by atoms with Crippen molar-refractivity contribution in [2.75, 3.05) is 31.9 Å². The molecule has 0 saturated carbocycles. The molecule has 6 nitrogen and oxygen atoms in total. The molecule has 2 aliphatic heterocycles. The first kappa shape index (κ1) is 15.2. The number of aromatic nitrogens is 2. The van der Waals surface area contributed by atoms with Crippen molar-refractivity contribution in [2.24, 2.45) is 0 Å². The summed E-state index contributed by atoms with van der Waals surface area (Å²) in [5.41, 5.74) is 5.30. The first-order chi connectivity index (χ1) is 10.5. The van der Waals surface area contributed by atoms with Gasteiger partial charge in [0.05, 0.1) is 11.7 Å². The van der Waals surface area contributed by atoms with Crippen molar-refractivity contribution in [3.8, 4) is 0 Å². The molecule has 0 spiro atoms. The molecule has 0 aliphatic carbocycles. The van der Waals surface area contributed by atoms with E-state index in [1.165, 1.54) is 6.20 Å². The van der Waals surface area contributed by atoms with Crippen LogP contribution in [-0.4, -0.2) is 57.7 Å². The summed E-state index contributed by atoms with van der Waals surface area (Å²) in [5.74, 6) is 0.131. The van der Waals surface area contributed by atoms with Gasteiger partial charge in [-0.15, -0.1) is 0 Å². The molecule has 8 heteroatoms. The summed E-state index contributed by atoms with van der Waals surface area (Å²) in [6, 6.07) is 0.579. The van der Waals surface area contributed by atoms with Gasteiger partial charge in [0.1, 0.15) is 0 Å². The van der Waals surface area contributed by atoms with E-state index < -0.39 is 6.43 Å². The highest BCUT2D eigenvalue weighted by atomic mass is 19.3. The number of amides is 1. The minimum Gasteiger partial charge on any atom is -0.396 e. The third-order valence-corrected chi connectivity index (χ3v) is 4.69. The third-order valence-electron chi connectivity index (χ3n) is 4.69. The molecule has 1 amide bonds. The number of carbonyl (C=O) groups excluding carboxylic acids is 1. The lowest BCUT2D eigenvalue weighted by molar-refractivity contribution is -0.130. The fourth-order valence-corrected chi connectivity index (χ4v) is 3.28. The molecule has 1 aromatic rings. The molecule has 22 heavy (non-hydrogen) atoms. The number of likely N-dealkylation sites (tertiary alicyclic amines) is 2. The summed E-state index contributed by atoms with van der Waals surface area (Å²) in [6.07, 6.45) is 0.807. The Hall–Kier alpha value is -1.70. The van der Waals surface area contributed by atoms with Crippen LogP contribution >= 0.6 is 0 Å². The zero-order chi connectivity index (χ0) is 15.9. The van der Waals surface area contributed by atoms with Crippen LogP contribution in [0, 0.1) is 0 Å². The van der Waals surface area contributed by atoms with E-state index in [1.54, 1.807) is 11.6 Å². The summed E-state index contributed by atoms with van der Waals surface area (Å²) >= 11 is 0. The minimum atomic E-state index is -2.63. The van der Waals surface area contributed by atoms with Crippen LogP contribution in [0.5, 0.6) is 0 Å². The number of nitrogens with zero attached hydrogens (tertiary/aromatic N) is 4. The number of anilines is 1. The van der Waals surface area contributed by atoms with Gasteiger partial charge in [-0.3, -0.25) is 14.4 Å². The summed E-state index contributed by atoms with van der Waals surface area (Å²) in [7, 11) is 0. The summed E-state index contributed by atoms with van der Waals surface area (Å²) in [4.78, 5) is 15.5. The molecular weight excluding hydrogens is 292 g/mol. The average Bonchev–Trinajstić information content (AvgIpc) is 2.79. The number of nitrogen functional groups attached to an aromatic ring is 1. The molecule has 2 N–H and O–H groups in total. The number of nitrogens with two attached hydrogens (primary N) is 1. The molecule has 0 unspecified atom stereocenters. The van der Waals surface area contributed by atoms with E-state index in [4.69, 9.17) is 5.73 Å². The highest BCUT2D eigenvalue weighted by Crippen LogP contribution is 2.30.